The number of fused-ring (bicyclic) bond motifs is 1. The van der Waals surface area contributed by atoms with Crippen LogP contribution in [0.1, 0.15) is 6.92 Å². The van der Waals surface area contributed by atoms with E-state index in [9.17, 15) is 0 Å². The maximum Gasteiger partial charge on any atom is 0.229 e. The van der Waals surface area contributed by atoms with Gasteiger partial charge in [-0.2, -0.15) is 9.97 Å². The van der Waals surface area contributed by atoms with E-state index in [2.05, 4.69) is 21.7 Å². The highest BCUT2D eigenvalue weighted by Gasteiger charge is 2.25. The maximum atomic E-state index is 5.73. The third-order valence-electron chi connectivity index (χ3n) is 5.55. The van der Waals surface area contributed by atoms with Crippen LogP contribution in [0.5, 0.6) is 0 Å². The number of anilines is 3. The van der Waals surface area contributed by atoms with Crippen molar-refractivity contribution in [1.82, 2.24) is 19.9 Å². The number of aromatic nitrogens is 4. The van der Waals surface area contributed by atoms with Crippen LogP contribution >= 0.6 is 0 Å². The smallest absolute Gasteiger partial charge is 0.229 e. The van der Waals surface area contributed by atoms with E-state index in [0.717, 1.165) is 42.1 Å². The Bertz CT molecular complexity index is 1040. The molecule has 9 nitrogen and oxygen atoms in total. The van der Waals surface area contributed by atoms with Gasteiger partial charge in [-0.3, -0.25) is 0 Å². The van der Waals surface area contributed by atoms with Gasteiger partial charge in [0.15, 0.2) is 5.65 Å². The van der Waals surface area contributed by atoms with Crippen LogP contribution in [-0.4, -0.2) is 72.0 Å². The Balaban J connectivity index is 1.63. The predicted molar refractivity (Wildman–Crippen MR) is 116 cm³/mol. The number of nitrogens with zero attached hydrogens (tertiary/aromatic N) is 6. The van der Waals surface area contributed by atoms with Gasteiger partial charge in [0.2, 0.25) is 5.95 Å². The van der Waals surface area contributed by atoms with E-state index < -0.39 is 0 Å². The van der Waals surface area contributed by atoms with Gasteiger partial charge in [0.25, 0.3) is 0 Å². The van der Waals surface area contributed by atoms with Crippen LogP contribution in [-0.2, 0) is 9.47 Å². The predicted octanol–water partition coefficient (Wildman–Crippen LogP) is 1.73. The number of pyridine rings is 2. The average Bonchev–Trinajstić information content (AvgIpc) is 2.79. The van der Waals surface area contributed by atoms with Crippen molar-refractivity contribution in [3.63, 3.8) is 0 Å². The van der Waals surface area contributed by atoms with E-state index in [0.29, 0.717) is 43.8 Å². The largest absolute Gasteiger partial charge is 0.384 e. The maximum absolute atomic E-state index is 5.73. The zero-order chi connectivity index (χ0) is 20.5. The molecule has 9 heteroatoms. The molecule has 0 aliphatic carbocycles. The van der Waals surface area contributed by atoms with Crippen molar-refractivity contribution in [1.29, 1.82) is 0 Å². The fourth-order valence-electron chi connectivity index (χ4n) is 3.87. The van der Waals surface area contributed by atoms with Crippen LogP contribution in [0, 0.1) is 0 Å². The fraction of sp³-hybridized carbons (Fsp3) is 0.429. The Morgan fingerprint density at radius 1 is 0.967 bits per heavy atom. The molecule has 5 rings (SSSR count). The second kappa shape index (κ2) is 8.00. The summed E-state index contributed by atoms with van der Waals surface area (Å²) in [5.41, 5.74) is 8.11. The molecule has 5 heterocycles. The van der Waals surface area contributed by atoms with Crippen LogP contribution in [0.2, 0.25) is 0 Å². The minimum Gasteiger partial charge on any atom is -0.384 e. The van der Waals surface area contributed by atoms with Gasteiger partial charge >= 0.3 is 0 Å². The summed E-state index contributed by atoms with van der Waals surface area (Å²) in [5, 5.41) is 0.939. The van der Waals surface area contributed by atoms with E-state index in [-0.39, 0.29) is 6.04 Å². The van der Waals surface area contributed by atoms with Gasteiger partial charge in [0, 0.05) is 31.4 Å². The first-order valence-corrected chi connectivity index (χ1v) is 10.3. The number of hydrogen-bond donors (Lipinski definition) is 1. The number of rotatable bonds is 3. The normalized spacial score (nSPS) is 20.0. The van der Waals surface area contributed by atoms with E-state index in [1.807, 2.05) is 18.2 Å². The molecule has 2 aliphatic rings. The molecule has 0 saturated carbocycles. The SMILES string of the molecule is C[C@H]1COCCN1c1nc(N2CCOCC2)c2ccc(-c3ccc(N)nc3)nc2n1. The van der Waals surface area contributed by atoms with Gasteiger partial charge < -0.3 is 25.0 Å². The van der Waals surface area contributed by atoms with Crippen LogP contribution in [0.15, 0.2) is 30.5 Å². The molecule has 0 amide bonds. The third kappa shape index (κ3) is 3.61. The minimum absolute atomic E-state index is 0.207. The Kier molecular flexibility index (Phi) is 5.06. The van der Waals surface area contributed by atoms with Gasteiger partial charge in [-0.05, 0) is 31.2 Å². The Hall–Kier alpha value is -3.04. The molecule has 30 heavy (non-hydrogen) atoms. The van der Waals surface area contributed by atoms with Crippen LogP contribution in [0.4, 0.5) is 17.6 Å². The molecule has 2 saturated heterocycles. The topological polar surface area (TPSA) is 103 Å². The molecule has 1 atom stereocenters. The molecule has 0 radical (unpaired) electrons. The van der Waals surface area contributed by atoms with Crippen LogP contribution in [0.3, 0.4) is 0 Å². The molecule has 2 fully saturated rings. The van der Waals surface area contributed by atoms with E-state index in [4.69, 9.17) is 30.2 Å². The van der Waals surface area contributed by atoms with E-state index in [1.165, 1.54) is 0 Å². The van der Waals surface area contributed by atoms with Gasteiger partial charge in [-0.25, -0.2) is 9.97 Å². The number of morpholine rings is 2. The highest BCUT2D eigenvalue weighted by Crippen LogP contribution is 2.30. The lowest BCUT2D eigenvalue weighted by Crippen LogP contribution is -2.45. The Morgan fingerprint density at radius 2 is 1.80 bits per heavy atom. The summed E-state index contributed by atoms with van der Waals surface area (Å²) < 4.78 is 11.1. The zero-order valence-electron chi connectivity index (χ0n) is 17.0. The monoisotopic (exact) mass is 407 g/mol. The standard InChI is InChI=1S/C21H25N7O2/c1-14-13-30-11-8-28(14)21-25-19-16(20(26-21)27-6-9-29-10-7-27)3-4-17(24-19)15-2-5-18(22)23-12-15/h2-5,12,14H,6-11,13H2,1H3,(H2,22,23)/t14-/m0/s1. The summed E-state index contributed by atoms with van der Waals surface area (Å²) >= 11 is 0. The van der Waals surface area contributed by atoms with Crippen molar-refractivity contribution in [3.05, 3.63) is 30.5 Å². The summed E-state index contributed by atoms with van der Waals surface area (Å²) in [6.45, 7) is 7.21. The lowest BCUT2D eigenvalue weighted by molar-refractivity contribution is 0.0981. The fourth-order valence-corrected chi connectivity index (χ4v) is 3.87. The number of nitrogen functional groups attached to an aromatic ring is 1. The Labute approximate surface area is 174 Å². The molecule has 0 unspecified atom stereocenters. The third-order valence-corrected chi connectivity index (χ3v) is 5.55. The van der Waals surface area contributed by atoms with Crippen molar-refractivity contribution in [2.75, 3.05) is 61.6 Å². The van der Waals surface area contributed by atoms with Gasteiger partial charge in [-0.1, -0.05) is 0 Å². The van der Waals surface area contributed by atoms with Crippen LogP contribution < -0.4 is 15.5 Å². The van der Waals surface area contributed by atoms with Gasteiger partial charge in [0.1, 0.15) is 11.6 Å². The van der Waals surface area contributed by atoms with E-state index >= 15 is 0 Å². The number of nitrogens with two attached hydrogens (primary N) is 1. The van der Waals surface area contributed by atoms with Crippen LogP contribution in [0.25, 0.3) is 22.3 Å². The molecule has 3 aromatic heterocycles. The molecule has 0 aromatic carbocycles. The summed E-state index contributed by atoms with van der Waals surface area (Å²) in [5.74, 6) is 2.09. The zero-order valence-corrected chi connectivity index (χ0v) is 17.0. The first-order chi connectivity index (χ1) is 14.7. The number of hydrogen-bond acceptors (Lipinski definition) is 9. The van der Waals surface area contributed by atoms with Crippen molar-refractivity contribution in [2.24, 2.45) is 0 Å². The average molecular weight is 407 g/mol. The van der Waals surface area contributed by atoms with Gasteiger partial charge in [-0.15, -0.1) is 0 Å². The lowest BCUT2D eigenvalue weighted by atomic mass is 10.1. The lowest BCUT2D eigenvalue weighted by Gasteiger charge is -2.34. The van der Waals surface area contributed by atoms with Crippen molar-refractivity contribution >= 4 is 28.6 Å². The molecule has 156 valence electrons. The molecular weight excluding hydrogens is 382 g/mol. The van der Waals surface area contributed by atoms with Crippen molar-refractivity contribution in [2.45, 2.75) is 13.0 Å². The molecule has 0 bridgehead atoms. The second-order valence-electron chi connectivity index (χ2n) is 7.60. The molecule has 2 aliphatic heterocycles. The summed E-state index contributed by atoms with van der Waals surface area (Å²) in [4.78, 5) is 23.3. The minimum atomic E-state index is 0.207. The molecule has 3 aromatic rings. The number of ether oxygens (including phenoxy) is 2. The van der Waals surface area contributed by atoms with E-state index in [1.54, 1.807) is 12.3 Å². The highest BCUT2D eigenvalue weighted by atomic mass is 16.5. The van der Waals surface area contributed by atoms with Crippen molar-refractivity contribution in [3.8, 4) is 11.3 Å². The first kappa shape index (κ1) is 19.0. The second-order valence-corrected chi connectivity index (χ2v) is 7.60. The highest BCUT2D eigenvalue weighted by molar-refractivity contribution is 5.89. The molecule has 0 spiro atoms. The van der Waals surface area contributed by atoms with Crippen molar-refractivity contribution < 1.29 is 9.47 Å². The molecular formula is C21H25N7O2. The summed E-state index contributed by atoms with van der Waals surface area (Å²) in [7, 11) is 0. The summed E-state index contributed by atoms with van der Waals surface area (Å²) in [6, 6.07) is 7.94. The summed E-state index contributed by atoms with van der Waals surface area (Å²) in [6.07, 6.45) is 1.73. The first-order valence-electron chi connectivity index (χ1n) is 10.3. The Morgan fingerprint density at radius 3 is 2.57 bits per heavy atom. The molecule has 2 N–H and O–H groups in total. The van der Waals surface area contributed by atoms with Gasteiger partial charge in [0.05, 0.1) is 43.5 Å². The quantitative estimate of drug-likeness (QED) is 0.695.